The summed E-state index contributed by atoms with van der Waals surface area (Å²) in [6, 6.07) is 7.80. The molecule has 2 amide bonds. The van der Waals surface area contributed by atoms with Crippen LogP contribution in [0.5, 0.6) is 0 Å². The minimum atomic E-state index is -0.822. The summed E-state index contributed by atoms with van der Waals surface area (Å²) in [5.74, 6) is -1.58. The van der Waals surface area contributed by atoms with E-state index < -0.39 is 23.7 Å². The normalized spacial score (nSPS) is 12.0. The smallest absolute Gasteiger partial charge is 0.253 e. The summed E-state index contributed by atoms with van der Waals surface area (Å²) < 4.78 is 13.4. The molecule has 4 nitrogen and oxygen atoms in total. The molecular formula is C19H19Cl2FN2O2. The van der Waals surface area contributed by atoms with Crippen molar-refractivity contribution in [3.8, 4) is 0 Å². The molecule has 0 spiro atoms. The highest BCUT2D eigenvalue weighted by Crippen LogP contribution is 2.22. The Hall–Kier alpha value is -2.11. The summed E-state index contributed by atoms with van der Waals surface area (Å²) in [6.45, 7) is 5.35. The van der Waals surface area contributed by atoms with Gasteiger partial charge in [-0.1, -0.05) is 43.1 Å². The number of rotatable bonds is 5. The van der Waals surface area contributed by atoms with Crippen molar-refractivity contribution in [2.45, 2.75) is 26.8 Å². The zero-order chi connectivity index (χ0) is 19.4. The molecule has 0 saturated heterocycles. The third kappa shape index (κ3) is 4.96. The van der Waals surface area contributed by atoms with E-state index in [9.17, 15) is 14.0 Å². The van der Waals surface area contributed by atoms with Crippen LogP contribution in [0.15, 0.2) is 36.4 Å². The van der Waals surface area contributed by atoms with Crippen molar-refractivity contribution in [1.29, 1.82) is 0 Å². The molecule has 26 heavy (non-hydrogen) atoms. The predicted molar refractivity (Wildman–Crippen MR) is 102 cm³/mol. The topological polar surface area (TPSA) is 58.2 Å². The maximum atomic E-state index is 13.4. The largest absolute Gasteiger partial charge is 0.340 e. The number of hydrogen-bond acceptors (Lipinski definition) is 2. The number of amides is 2. The number of carbonyl (C=O) groups excluding carboxylic acids is 2. The van der Waals surface area contributed by atoms with Gasteiger partial charge in [0.2, 0.25) is 5.91 Å². The Labute approximate surface area is 161 Å². The molecule has 0 bridgehead atoms. The quantitative estimate of drug-likeness (QED) is 0.759. The summed E-state index contributed by atoms with van der Waals surface area (Å²) in [7, 11) is 0. The van der Waals surface area contributed by atoms with Crippen LogP contribution < -0.4 is 10.6 Å². The Morgan fingerprint density at radius 1 is 1.08 bits per heavy atom. The SMILES string of the molecule is Cc1ccc(F)cc1NC(=O)[C@@H](NC(=O)c1ccc(Cl)cc1Cl)C(C)C. The highest BCUT2D eigenvalue weighted by Gasteiger charge is 2.26. The van der Waals surface area contributed by atoms with E-state index >= 15 is 0 Å². The monoisotopic (exact) mass is 396 g/mol. The first-order valence-corrected chi connectivity index (χ1v) is 8.77. The fourth-order valence-corrected chi connectivity index (χ4v) is 2.86. The van der Waals surface area contributed by atoms with Gasteiger partial charge in [-0.25, -0.2) is 4.39 Å². The van der Waals surface area contributed by atoms with Crippen LogP contribution in [0, 0.1) is 18.7 Å². The fraction of sp³-hybridized carbons (Fsp3) is 0.263. The number of benzene rings is 2. The maximum absolute atomic E-state index is 13.4. The van der Waals surface area contributed by atoms with Crippen molar-refractivity contribution in [2.75, 3.05) is 5.32 Å². The van der Waals surface area contributed by atoms with Crippen LogP contribution in [0.3, 0.4) is 0 Å². The Morgan fingerprint density at radius 3 is 2.38 bits per heavy atom. The third-order valence-corrected chi connectivity index (χ3v) is 4.42. The van der Waals surface area contributed by atoms with Crippen LogP contribution in [0.1, 0.15) is 29.8 Å². The Balaban J connectivity index is 2.18. The number of hydrogen-bond donors (Lipinski definition) is 2. The van der Waals surface area contributed by atoms with Gasteiger partial charge in [0.15, 0.2) is 0 Å². The van der Waals surface area contributed by atoms with Gasteiger partial charge in [-0.05, 0) is 48.7 Å². The Bertz CT molecular complexity index is 840. The molecule has 7 heteroatoms. The predicted octanol–water partition coefficient (Wildman–Crippen LogP) is 4.83. The molecule has 138 valence electrons. The van der Waals surface area contributed by atoms with Gasteiger partial charge >= 0.3 is 0 Å². The first kappa shape index (κ1) is 20.2. The number of halogens is 3. The van der Waals surface area contributed by atoms with Gasteiger partial charge in [0.25, 0.3) is 5.91 Å². The zero-order valence-electron chi connectivity index (χ0n) is 14.6. The van der Waals surface area contributed by atoms with E-state index in [-0.39, 0.29) is 16.5 Å². The maximum Gasteiger partial charge on any atom is 0.253 e. The summed E-state index contributed by atoms with van der Waals surface area (Å²) >= 11 is 11.9. The van der Waals surface area contributed by atoms with Crippen LogP contribution in [-0.4, -0.2) is 17.9 Å². The van der Waals surface area contributed by atoms with E-state index in [0.717, 1.165) is 0 Å². The van der Waals surface area contributed by atoms with Crippen molar-refractivity contribution in [3.05, 3.63) is 63.4 Å². The summed E-state index contributed by atoms with van der Waals surface area (Å²) in [4.78, 5) is 25.1. The van der Waals surface area contributed by atoms with E-state index in [2.05, 4.69) is 10.6 Å². The minimum absolute atomic E-state index is 0.193. The molecule has 0 radical (unpaired) electrons. The molecular weight excluding hydrogens is 378 g/mol. The highest BCUT2D eigenvalue weighted by molar-refractivity contribution is 6.36. The second-order valence-electron chi connectivity index (χ2n) is 6.27. The van der Waals surface area contributed by atoms with Crippen molar-refractivity contribution < 1.29 is 14.0 Å². The second-order valence-corrected chi connectivity index (χ2v) is 7.11. The number of aryl methyl sites for hydroxylation is 1. The molecule has 1 atom stereocenters. The third-order valence-electron chi connectivity index (χ3n) is 3.87. The Kier molecular flexibility index (Phi) is 6.62. The standard InChI is InChI=1S/C19H19Cl2FN2O2/c1-10(2)17(19(26)23-16-9-13(22)6-4-11(16)3)24-18(25)14-7-5-12(20)8-15(14)21/h4-10,17H,1-3H3,(H,23,26)(H,24,25)/t17-/m0/s1. The van der Waals surface area contributed by atoms with Gasteiger partial charge in [0.05, 0.1) is 10.6 Å². The molecule has 2 N–H and O–H groups in total. The van der Waals surface area contributed by atoms with Crippen LogP contribution in [0.2, 0.25) is 10.0 Å². The van der Waals surface area contributed by atoms with E-state index in [1.807, 2.05) is 0 Å². The van der Waals surface area contributed by atoms with E-state index in [1.54, 1.807) is 32.9 Å². The van der Waals surface area contributed by atoms with Crippen molar-refractivity contribution >= 4 is 40.7 Å². The fourth-order valence-electron chi connectivity index (χ4n) is 2.37. The van der Waals surface area contributed by atoms with Gasteiger partial charge in [-0.3, -0.25) is 9.59 Å². The van der Waals surface area contributed by atoms with Crippen LogP contribution in [0.4, 0.5) is 10.1 Å². The number of nitrogens with one attached hydrogen (secondary N) is 2. The first-order chi connectivity index (χ1) is 12.2. The molecule has 2 aromatic carbocycles. The van der Waals surface area contributed by atoms with Gasteiger partial charge < -0.3 is 10.6 Å². The lowest BCUT2D eigenvalue weighted by atomic mass is 10.0. The average molecular weight is 397 g/mol. The molecule has 2 aromatic rings. The highest BCUT2D eigenvalue weighted by atomic mass is 35.5. The van der Waals surface area contributed by atoms with E-state index in [0.29, 0.717) is 16.3 Å². The average Bonchev–Trinajstić information content (AvgIpc) is 2.55. The van der Waals surface area contributed by atoms with Crippen molar-refractivity contribution in [2.24, 2.45) is 5.92 Å². The molecule has 0 aliphatic carbocycles. The summed E-state index contributed by atoms with van der Waals surface area (Å²) in [5, 5.41) is 5.94. The van der Waals surface area contributed by atoms with Crippen molar-refractivity contribution in [1.82, 2.24) is 5.32 Å². The van der Waals surface area contributed by atoms with E-state index in [1.165, 1.54) is 24.3 Å². The zero-order valence-corrected chi connectivity index (χ0v) is 16.1. The first-order valence-electron chi connectivity index (χ1n) is 8.02. The minimum Gasteiger partial charge on any atom is -0.340 e. The van der Waals surface area contributed by atoms with Crippen LogP contribution >= 0.6 is 23.2 Å². The number of carbonyl (C=O) groups is 2. The van der Waals surface area contributed by atoms with Gasteiger partial charge in [0, 0.05) is 10.7 Å². The van der Waals surface area contributed by atoms with E-state index in [4.69, 9.17) is 23.2 Å². The second kappa shape index (κ2) is 8.52. The lowest BCUT2D eigenvalue weighted by molar-refractivity contribution is -0.118. The lowest BCUT2D eigenvalue weighted by Gasteiger charge is -2.22. The summed E-state index contributed by atoms with van der Waals surface area (Å²) in [6.07, 6.45) is 0. The molecule has 0 aliphatic heterocycles. The summed E-state index contributed by atoms with van der Waals surface area (Å²) in [5.41, 5.74) is 1.30. The molecule has 0 saturated carbocycles. The van der Waals surface area contributed by atoms with Crippen molar-refractivity contribution in [3.63, 3.8) is 0 Å². The molecule has 0 aromatic heterocycles. The Morgan fingerprint density at radius 2 is 1.77 bits per heavy atom. The van der Waals surface area contributed by atoms with Gasteiger partial charge in [-0.15, -0.1) is 0 Å². The van der Waals surface area contributed by atoms with Crippen LogP contribution in [-0.2, 0) is 4.79 Å². The molecule has 2 rings (SSSR count). The molecule has 0 heterocycles. The molecule has 0 unspecified atom stereocenters. The number of anilines is 1. The molecule has 0 aliphatic rings. The lowest BCUT2D eigenvalue weighted by Crippen LogP contribution is -2.47. The van der Waals surface area contributed by atoms with Gasteiger partial charge in [0.1, 0.15) is 11.9 Å². The van der Waals surface area contributed by atoms with Gasteiger partial charge in [-0.2, -0.15) is 0 Å². The molecule has 0 fully saturated rings. The van der Waals surface area contributed by atoms with Crippen LogP contribution in [0.25, 0.3) is 0 Å².